The standard InChI is InChI=1S/C26H20N2O5/c1-31-24-13-7-4-8-18(24)21-14-17(33-27-21)16-32-25(29)15-28-22-11-5-2-9-19(22)26(30)20-10-3-6-12-23(20)28/h2-14H,15-16H2,1H3. The van der Waals surface area contributed by atoms with Crippen molar-refractivity contribution in [3.05, 3.63) is 94.8 Å². The van der Waals surface area contributed by atoms with Crippen LogP contribution in [-0.2, 0) is 22.7 Å². The predicted octanol–water partition coefficient (Wildman–Crippen LogP) is 4.56. The van der Waals surface area contributed by atoms with Crippen LogP contribution in [0.25, 0.3) is 33.1 Å². The van der Waals surface area contributed by atoms with Crippen molar-refractivity contribution in [3.63, 3.8) is 0 Å². The van der Waals surface area contributed by atoms with Crippen molar-refractivity contribution < 1.29 is 18.8 Å². The summed E-state index contributed by atoms with van der Waals surface area (Å²) in [7, 11) is 1.59. The molecule has 0 unspecified atom stereocenters. The van der Waals surface area contributed by atoms with Crippen molar-refractivity contribution >= 4 is 27.8 Å². The molecule has 2 heterocycles. The SMILES string of the molecule is COc1ccccc1-c1cc(COC(=O)Cn2c3ccccc3c(=O)c3ccccc32)on1. The first-order valence-corrected chi connectivity index (χ1v) is 10.4. The van der Waals surface area contributed by atoms with Crippen LogP contribution in [-0.4, -0.2) is 22.8 Å². The second-order valence-electron chi connectivity index (χ2n) is 7.49. The molecule has 0 N–H and O–H groups in total. The number of rotatable bonds is 6. The van der Waals surface area contributed by atoms with Crippen LogP contribution in [0, 0.1) is 0 Å². The number of nitrogens with zero attached hydrogens (tertiary/aromatic N) is 2. The smallest absolute Gasteiger partial charge is 0.326 e. The topological polar surface area (TPSA) is 83.6 Å². The van der Waals surface area contributed by atoms with Crippen molar-refractivity contribution in [1.82, 2.24) is 9.72 Å². The number of fused-ring (bicyclic) bond motifs is 2. The van der Waals surface area contributed by atoms with Crippen LogP contribution < -0.4 is 10.2 Å². The molecule has 5 rings (SSSR count). The van der Waals surface area contributed by atoms with E-state index in [0.29, 0.717) is 39.0 Å². The number of pyridine rings is 1. The Labute approximate surface area is 188 Å². The normalized spacial score (nSPS) is 11.1. The van der Waals surface area contributed by atoms with Crippen LogP contribution in [0.15, 0.2) is 88.2 Å². The van der Waals surface area contributed by atoms with Gasteiger partial charge in [-0.3, -0.25) is 9.59 Å². The first-order valence-electron chi connectivity index (χ1n) is 10.4. The number of benzene rings is 3. The van der Waals surface area contributed by atoms with E-state index in [1.165, 1.54) is 0 Å². The fraction of sp³-hybridized carbons (Fsp3) is 0.115. The minimum Gasteiger partial charge on any atom is -0.496 e. The van der Waals surface area contributed by atoms with Gasteiger partial charge in [0.25, 0.3) is 0 Å². The van der Waals surface area contributed by atoms with Gasteiger partial charge >= 0.3 is 5.97 Å². The summed E-state index contributed by atoms with van der Waals surface area (Å²) >= 11 is 0. The molecule has 0 spiro atoms. The zero-order valence-electron chi connectivity index (χ0n) is 17.9. The molecule has 0 aliphatic heterocycles. The Kier molecular flexibility index (Phi) is 5.36. The van der Waals surface area contributed by atoms with Gasteiger partial charge in [-0.15, -0.1) is 0 Å². The Bertz CT molecular complexity index is 1470. The Morgan fingerprint density at radius 1 is 0.939 bits per heavy atom. The first kappa shape index (κ1) is 20.5. The van der Waals surface area contributed by atoms with Gasteiger partial charge in [0.2, 0.25) is 0 Å². The molecular weight excluding hydrogens is 420 g/mol. The number of ether oxygens (including phenoxy) is 2. The number of carbonyl (C=O) groups is 1. The van der Waals surface area contributed by atoms with Gasteiger partial charge in [0.05, 0.1) is 18.1 Å². The summed E-state index contributed by atoms with van der Waals surface area (Å²) in [4.78, 5) is 25.6. The molecular formula is C26H20N2O5. The third-order valence-electron chi connectivity index (χ3n) is 5.48. The minimum atomic E-state index is -0.454. The third-order valence-corrected chi connectivity index (χ3v) is 5.48. The van der Waals surface area contributed by atoms with Crippen molar-refractivity contribution in [2.24, 2.45) is 0 Å². The van der Waals surface area contributed by atoms with E-state index in [4.69, 9.17) is 14.0 Å². The number of para-hydroxylation sites is 3. The number of hydrogen-bond acceptors (Lipinski definition) is 6. The summed E-state index contributed by atoms with van der Waals surface area (Å²) in [6.45, 7) is -0.105. The zero-order valence-corrected chi connectivity index (χ0v) is 17.9. The van der Waals surface area contributed by atoms with E-state index in [1.54, 1.807) is 29.9 Å². The first-order chi connectivity index (χ1) is 16.2. The lowest BCUT2D eigenvalue weighted by atomic mass is 10.1. The molecule has 7 heteroatoms. The van der Waals surface area contributed by atoms with Crippen LogP contribution in [0.5, 0.6) is 5.75 Å². The van der Waals surface area contributed by atoms with Crippen LogP contribution in [0.4, 0.5) is 0 Å². The van der Waals surface area contributed by atoms with Crippen molar-refractivity contribution in [2.45, 2.75) is 13.2 Å². The molecule has 0 fully saturated rings. The molecule has 0 atom stereocenters. The number of carbonyl (C=O) groups excluding carboxylic acids is 1. The second-order valence-corrected chi connectivity index (χ2v) is 7.49. The van der Waals surface area contributed by atoms with Crippen LogP contribution in [0.3, 0.4) is 0 Å². The lowest BCUT2D eigenvalue weighted by Gasteiger charge is -2.14. The molecule has 3 aromatic carbocycles. The van der Waals surface area contributed by atoms with E-state index in [1.807, 2.05) is 60.7 Å². The van der Waals surface area contributed by atoms with E-state index < -0.39 is 5.97 Å². The maximum atomic E-state index is 12.8. The van der Waals surface area contributed by atoms with Crippen molar-refractivity contribution in [3.8, 4) is 17.0 Å². The maximum Gasteiger partial charge on any atom is 0.326 e. The average molecular weight is 440 g/mol. The molecule has 0 aliphatic rings. The molecule has 5 aromatic rings. The summed E-state index contributed by atoms with van der Waals surface area (Å²) < 4.78 is 18.0. The van der Waals surface area contributed by atoms with Gasteiger partial charge in [0.15, 0.2) is 17.8 Å². The summed E-state index contributed by atoms with van der Waals surface area (Å²) in [6.07, 6.45) is 0. The highest BCUT2D eigenvalue weighted by Crippen LogP contribution is 2.29. The van der Waals surface area contributed by atoms with Crippen molar-refractivity contribution in [2.75, 3.05) is 7.11 Å². The van der Waals surface area contributed by atoms with Gasteiger partial charge in [0.1, 0.15) is 18.0 Å². The van der Waals surface area contributed by atoms with Gasteiger partial charge in [-0.2, -0.15) is 0 Å². The predicted molar refractivity (Wildman–Crippen MR) is 124 cm³/mol. The molecule has 33 heavy (non-hydrogen) atoms. The van der Waals surface area contributed by atoms with E-state index in [9.17, 15) is 9.59 Å². The molecule has 0 aliphatic carbocycles. The summed E-state index contributed by atoms with van der Waals surface area (Å²) in [5, 5.41) is 5.17. The van der Waals surface area contributed by atoms with Gasteiger partial charge in [-0.1, -0.05) is 41.6 Å². The molecule has 7 nitrogen and oxygen atoms in total. The highest BCUT2D eigenvalue weighted by Gasteiger charge is 2.15. The van der Waals surface area contributed by atoms with Crippen molar-refractivity contribution in [1.29, 1.82) is 0 Å². The number of hydrogen-bond donors (Lipinski definition) is 0. The molecule has 2 aromatic heterocycles. The molecule has 0 saturated heterocycles. The zero-order chi connectivity index (χ0) is 22.8. The largest absolute Gasteiger partial charge is 0.496 e. The highest BCUT2D eigenvalue weighted by atomic mass is 16.5. The summed E-state index contributed by atoms with van der Waals surface area (Å²) in [5.41, 5.74) is 2.67. The van der Waals surface area contributed by atoms with Gasteiger partial charge in [-0.25, -0.2) is 0 Å². The molecule has 0 saturated carbocycles. The summed E-state index contributed by atoms with van der Waals surface area (Å²) in [6, 6.07) is 23.7. The monoisotopic (exact) mass is 440 g/mol. The molecule has 164 valence electrons. The lowest BCUT2D eigenvalue weighted by Crippen LogP contribution is -2.18. The third kappa shape index (κ3) is 3.85. The average Bonchev–Trinajstić information content (AvgIpc) is 3.34. The van der Waals surface area contributed by atoms with E-state index in [2.05, 4.69) is 5.16 Å². The van der Waals surface area contributed by atoms with E-state index in [-0.39, 0.29) is 18.6 Å². The minimum absolute atomic E-state index is 0.0468. The van der Waals surface area contributed by atoms with Gasteiger partial charge in [-0.05, 0) is 36.4 Å². The lowest BCUT2D eigenvalue weighted by molar-refractivity contribution is -0.146. The summed E-state index contributed by atoms with van der Waals surface area (Å²) in [5.74, 6) is 0.634. The number of methoxy groups -OCH3 is 1. The Morgan fingerprint density at radius 2 is 1.58 bits per heavy atom. The van der Waals surface area contributed by atoms with E-state index in [0.717, 1.165) is 5.56 Å². The number of esters is 1. The molecule has 0 bridgehead atoms. The van der Waals surface area contributed by atoms with Crippen LogP contribution in [0.2, 0.25) is 0 Å². The molecule has 0 radical (unpaired) electrons. The Balaban J connectivity index is 1.38. The second kappa shape index (κ2) is 8.63. The highest BCUT2D eigenvalue weighted by molar-refractivity contribution is 5.94. The van der Waals surface area contributed by atoms with Gasteiger partial charge in [0, 0.05) is 22.4 Å². The fourth-order valence-corrected chi connectivity index (χ4v) is 3.94. The molecule has 0 amide bonds. The Hall–Kier alpha value is -4.39. The van der Waals surface area contributed by atoms with Gasteiger partial charge < -0.3 is 18.6 Å². The van der Waals surface area contributed by atoms with E-state index >= 15 is 0 Å². The van der Waals surface area contributed by atoms with Crippen LogP contribution >= 0.6 is 0 Å². The number of aromatic nitrogens is 2. The van der Waals surface area contributed by atoms with Crippen LogP contribution in [0.1, 0.15) is 5.76 Å². The quantitative estimate of drug-likeness (QED) is 0.284. The maximum absolute atomic E-state index is 12.8. The Morgan fingerprint density at radius 3 is 2.27 bits per heavy atom. The fourth-order valence-electron chi connectivity index (χ4n) is 3.94.